The molecule has 0 aliphatic heterocycles. The molecule has 0 spiro atoms. The summed E-state index contributed by atoms with van der Waals surface area (Å²) in [6, 6.07) is 15.4. The number of aryl methyl sites for hydroxylation is 1. The van der Waals surface area contributed by atoms with Gasteiger partial charge in [0.15, 0.2) is 0 Å². The maximum absolute atomic E-state index is 14.1. The number of nitrogens with one attached hydrogen (secondary N) is 1. The van der Waals surface area contributed by atoms with Gasteiger partial charge in [-0.15, -0.1) is 0 Å². The molecule has 0 aromatic heterocycles. The minimum Gasteiger partial charge on any atom is -0.354 e. The van der Waals surface area contributed by atoms with E-state index in [2.05, 4.69) is 5.32 Å². The van der Waals surface area contributed by atoms with Gasteiger partial charge in [-0.05, 0) is 31.4 Å². The van der Waals surface area contributed by atoms with E-state index in [1.165, 1.54) is 11.0 Å². The van der Waals surface area contributed by atoms with Gasteiger partial charge in [0.1, 0.15) is 11.9 Å². The Kier molecular flexibility index (Phi) is 7.99. The van der Waals surface area contributed by atoms with Gasteiger partial charge in [-0.1, -0.05) is 55.5 Å². The van der Waals surface area contributed by atoms with Crippen molar-refractivity contribution in [1.29, 1.82) is 0 Å². The third-order valence-corrected chi connectivity index (χ3v) is 4.49. The molecule has 0 fully saturated rings. The molecule has 4 nitrogen and oxygen atoms in total. The first-order valence-electron chi connectivity index (χ1n) is 9.37. The summed E-state index contributed by atoms with van der Waals surface area (Å²) in [5.41, 5.74) is 1.46. The summed E-state index contributed by atoms with van der Waals surface area (Å²) in [6.45, 7) is 4.27. The Morgan fingerprint density at radius 2 is 1.74 bits per heavy atom. The molecule has 1 N–H and O–H groups in total. The van der Waals surface area contributed by atoms with Crippen LogP contribution in [-0.4, -0.2) is 29.3 Å². The summed E-state index contributed by atoms with van der Waals surface area (Å²) in [4.78, 5) is 26.7. The summed E-state index contributed by atoms with van der Waals surface area (Å²) in [5.74, 6) is -0.762. The van der Waals surface area contributed by atoms with Crippen molar-refractivity contribution in [3.8, 4) is 0 Å². The molecular weight excluding hydrogens is 343 g/mol. The number of benzene rings is 2. The third kappa shape index (κ3) is 6.20. The molecule has 144 valence electrons. The summed E-state index contributed by atoms with van der Waals surface area (Å²) < 4.78 is 14.1. The lowest BCUT2D eigenvalue weighted by Crippen LogP contribution is -2.47. The van der Waals surface area contributed by atoms with Crippen molar-refractivity contribution >= 4 is 11.8 Å². The quantitative estimate of drug-likeness (QED) is 0.732. The van der Waals surface area contributed by atoms with Gasteiger partial charge in [-0.3, -0.25) is 9.59 Å². The van der Waals surface area contributed by atoms with Crippen molar-refractivity contribution in [1.82, 2.24) is 10.2 Å². The van der Waals surface area contributed by atoms with Crippen molar-refractivity contribution < 1.29 is 14.0 Å². The normalized spacial score (nSPS) is 11.7. The summed E-state index contributed by atoms with van der Waals surface area (Å²) in [5, 5.41) is 2.82. The molecule has 0 aliphatic rings. The van der Waals surface area contributed by atoms with Crippen LogP contribution in [0.1, 0.15) is 37.8 Å². The Morgan fingerprint density at radius 3 is 2.41 bits per heavy atom. The first kappa shape index (κ1) is 20.6. The van der Waals surface area contributed by atoms with Crippen molar-refractivity contribution in [2.24, 2.45) is 0 Å². The van der Waals surface area contributed by atoms with Crippen LogP contribution in [0.25, 0.3) is 0 Å². The van der Waals surface area contributed by atoms with Crippen LogP contribution in [-0.2, 0) is 22.6 Å². The molecular formula is C22H27FN2O2. The Morgan fingerprint density at radius 1 is 1.07 bits per heavy atom. The van der Waals surface area contributed by atoms with E-state index < -0.39 is 6.04 Å². The van der Waals surface area contributed by atoms with Crippen LogP contribution in [0.2, 0.25) is 0 Å². The van der Waals surface area contributed by atoms with Crippen LogP contribution in [0.4, 0.5) is 4.39 Å². The minimum absolute atomic E-state index is 0.0704. The number of halogens is 1. The van der Waals surface area contributed by atoms with E-state index in [-0.39, 0.29) is 30.6 Å². The van der Waals surface area contributed by atoms with Crippen molar-refractivity contribution in [3.63, 3.8) is 0 Å². The number of hydrogen-bond acceptors (Lipinski definition) is 2. The lowest BCUT2D eigenvalue weighted by atomic mass is 10.1. The number of hydrogen-bond donors (Lipinski definition) is 1. The molecule has 0 saturated heterocycles. The minimum atomic E-state index is -0.667. The van der Waals surface area contributed by atoms with E-state index in [4.69, 9.17) is 0 Å². The second-order valence-corrected chi connectivity index (χ2v) is 6.57. The summed E-state index contributed by atoms with van der Waals surface area (Å²) >= 11 is 0. The second-order valence-electron chi connectivity index (χ2n) is 6.57. The van der Waals surface area contributed by atoms with E-state index in [1.54, 1.807) is 25.1 Å². The number of carbonyl (C=O) groups excluding carboxylic acids is 2. The van der Waals surface area contributed by atoms with Crippen LogP contribution >= 0.6 is 0 Å². The van der Waals surface area contributed by atoms with Crippen molar-refractivity contribution in [3.05, 3.63) is 71.5 Å². The van der Waals surface area contributed by atoms with Gasteiger partial charge in [0.25, 0.3) is 0 Å². The molecule has 1 atom stereocenters. The highest BCUT2D eigenvalue weighted by molar-refractivity contribution is 5.87. The molecule has 5 heteroatoms. The molecule has 2 aromatic rings. The van der Waals surface area contributed by atoms with Gasteiger partial charge < -0.3 is 10.2 Å². The molecule has 0 heterocycles. The first-order chi connectivity index (χ1) is 13.0. The Balaban J connectivity index is 2.13. The Hall–Kier alpha value is -2.69. The molecule has 0 radical (unpaired) electrons. The molecule has 27 heavy (non-hydrogen) atoms. The predicted molar refractivity (Wildman–Crippen MR) is 104 cm³/mol. The highest BCUT2D eigenvalue weighted by atomic mass is 19.1. The van der Waals surface area contributed by atoms with E-state index in [0.717, 1.165) is 12.0 Å². The maximum atomic E-state index is 14.1. The van der Waals surface area contributed by atoms with Crippen LogP contribution < -0.4 is 5.32 Å². The average Bonchev–Trinajstić information content (AvgIpc) is 2.70. The Bertz CT molecular complexity index is 749. The fourth-order valence-corrected chi connectivity index (χ4v) is 2.83. The van der Waals surface area contributed by atoms with Gasteiger partial charge in [0.2, 0.25) is 11.8 Å². The standard InChI is InChI=1S/C22H27FN2O2/c1-3-15-24-22(27)17(2)25(16-19-11-7-8-12-20(19)23)21(26)14-13-18-9-5-4-6-10-18/h4-12,17H,3,13-16H2,1-2H3,(H,24,27)/t17-/m1/s1. The zero-order valence-corrected chi connectivity index (χ0v) is 16.0. The highest BCUT2D eigenvalue weighted by Gasteiger charge is 2.26. The highest BCUT2D eigenvalue weighted by Crippen LogP contribution is 2.15. The smallest absolute Gasteiger partial charge is 0.242 e. The number of carbonyl (C=O) groups is 2. The summed E-state index contributed by atoms with van der Waals surface area (Å²) in [6.07, 6.45) is 1.66. The molecule has 0 saturated carbocycles. The molecule has 2 amide bonds. The Labute approximate surface area is 160 Å². The van der Waals surface area contributed by atoms with Crippen molar-refractivity contribution in [2.45, 2.75) is 45.7 Å². The molecule has 2 aromatic carbocycles. The van der Waals surface area contributed by atoms with Gasteiger partial charge in [0.05, 0.1) is 0 Å². The van der Waals surface area contributed by atoms with E-state index in [9.17, 15) is 14.0 Å². The van der Waals surface area contributed by atoms with Gasteiger partial charge in [-0.25, -0.2) is 4.39 Å². The molecule has 0 aliphatic carbocycles. The van der Waals surface area contributed by atoms with Gasteiger partial charge >= 0.3 is 0 Å². The summed E-state index contributed by atoms with van der Waals surface area (Å²) in [7, 11) is 0. The van der Waals surface area contributed by atoms with Gasteiger partial charge in [0, 0.05) is 25.1 Å². The zero-order valence-electron chi connectivity index (χ0n) is 16.0. The van der Waals surface area contributed by atoms with Crippen LogP contribution in [0.15, 0.2) is 54.6 Å². The number of rotatable bonds is 9. The van der Waals surface area contributed by atoms with Crippen molar-refractivity contribution in [2.75, 3.05) is 6.54 Å². The maximum Gasteiger partial charge on any atom is 0.242 e. The van der Waals surface area contributed by atoms with Crippen LogP contribution in [0.3, 0.4) is 0 Å². The zero-order chi connectivity index (χ0) is 19.6. The third-order valence-electron chi connectivity index (χ3n) is 4.49. The lowest BCUT2D eigenvalue weighted by Gasteiger charge is -2.29. The second kappa shape index (κ2) is 10.5. The monoisotopic (exact) mass is 370 g/mol. The first-order valence-corrected chi connectivity index (χ1v) is 9.37. The van der Waals surface area contributed by atoms with E-state index in [0.29, 0.717) is 18.5 Å². The average molecular weight is 370 g/mol. The molecule has 0 unspecified atom stereocenters. The van der Waals surface area contributed by atoms with Gasteiger partial charge in [-0.2, -0.15) is 0 Å². The number of nitrogens with zero attached hydrogens (tertiary/aromatic N) is 1. The predicted octanol–water partition coefficient (Wildman–Crippen LogP) is 3.70. The van der Waals surface area contributed by atoms with Crippen LogP contribution in [0.5, 0.6) is 0 Å². The van der Waals surface area contributed by atoms with Crippen LogP contribution in [0, 0.1) is 5.82 Å². The molecule has 0 bridgehead atoms. The lowest BCUT2D eigenvalue weighted by molar-refractivity contribution is -0.140. The largest absolute Gasteiger partial charge is 0.354 e. The van der Waals surface area contributed by atoms with E-state index >= 15 is 0 Å². The fourth-order valence-electron chi connectivity index (χ4n) is 2.83. The number of amides is 2. The fraction of sp³-hybridized carbons (Fsp3) is 0.364. The molecule has 2 rings (SSSR count). The SMILES string of the molecule is CCCNC(=O)[C@@H](C)N(Cc1ccccc1F)C(=O)CCc1ccccc1. The topological polar surface area (TPSA) is 49.4 Å². The van der Waals surface area contributed by atoms with E-state index in [1.807, 2.05) is 37.3 Å².